The molecule has 0 saturated carbocycles. The predicted octanol–water partition coefficient (Wildman–Crippen LogP) is 15.5. The third kappa shape index (κ3) is 4.99. The molecule has 9 aromatic carbocycles. The number of hydrogen-bond donors (Lipinski definition) is 0. The molecule has 55 heavy (non-hydrogen) atoms. The maximum atomic E-state index is 9.92. The molecule has 0 amide bonds. The van der Waals surface area contributed by atoms with Crippen molar-refractivity contribution in [3.05, 3.63) is 199 Å². The van der Waals surface area contributed by atoms with Crippen LogP contribution in [0.1, 0.15) is 48.3 Å². The second-order valence-electron chi connectivity index (χ2n) is 14.0. The van der Waals surface area contributed by atoms with Crippen LogP contribution >= 0.6 is 11.3 Å². The molecule has 1 nitrogen and oxygen atoms in total. The van der Waals surface area contributed by atoms with Crippen molar-refractivity contribution in [1.82, 2.24) is 0 Å². The third-order valence-electron chi connectivity index (χ3n) is 10.6. The van der Waals surface area contributed by atoms with Crippen LogP contribution in [0.25, 0.3) is 75.1 Å². The fraction of sp³-hybridized carbons (Fsp3) is 0.0566. The van der Waals surface area contributed by atoms with Gasteiger partial charge >= 0.3 is 0 Å². The Balaban J connectivity index is 1.27. The Hall–Kier alpha value is -6.48. The number of hydrogen-bond acceptors (Lipinski definition) is 2. The van der Waals surface area contributed by atoms with Gasteiger partial charge in [0.2, 0.25) is 0 Å². The van der Waals surface area contributed by atoms with Crippen molar-refractivity contribution in [3.8, 4) is 33.4 Å². The zero-order valence-electron chi connectivity index (χ0n) is 46.4. The van der Waals surface area contributed by atoms with Gasteiger partial charge in [0, 0.05) is 48.2 Å². The minimum absolute atomic E-state index is 0.0482. The van der Waals surface area contributed by atoms with E-state index in [1.165, 1.54) is 0 Å². The summed E-state index contributed by atoms with van der Waals surface area (Å²) in [6.07, 6.45) is 0. The highest BCUT2D eigenvalue weighted by Gasteiger charge is 2.35. The molecule has 0 atom stereocenters. The van der Waals surface area contributed by atoms with E-state index in [1.807, 2.05) is 72.8 Å². The number of nitrogens with zero attached hydrogens (tertiary/aromatic N) is 1. The van der Waals surface area contributed by atoms with Crippen LogP contribution in [-0.4, -0.2) is 0 Å². The van der Waals surface area contributed by atoms with E-state index in [-0.39, 0.29) is 31.4 Å². The first kappa shape index (κ1) is 19.2. The van der Waals surface area contributed by atoms with Gasteiger partial charge in [0.1, 0.15) is 0 Å². The molecule has 2 heteroatoms. The van der Waals surface area contributed by atoms with Crippen molar-refractivity contribution < 1.29 is 23.3 Å². The first-order chi connectivity index (χ1) is 34.1. The fourth-order valence-electron chi connectivity index (χ4n) is 7.95. The molecular weight excluding hydrogens is 683 g/mol. The molecule has 0 bridgehead atoms. The van der Waals surface area contributed by atoms with E-state index in [2.05, 4.69) is 26.0 Å². The van der Waals surface area contributed by atoms with Crippen molar-refractivity contribution in [2.75, 3.05) is 4.90 Å². The lowest BCUT2D eigenvalue weighted by atomic mass is 9.82. The molecular formula is C53H37NS. The van der Waals surface area contributed by atoms with Gasteiger partial charge in [0.05, 0.1) is 23.3 Å². The fourth-order valence-corrected chi connectivity index (χ4v) is 9.02. The van der Waals surface area contributed by atoms with Crippen molar-refractivity contribution in [1.29, 1.82) is 0 Å². The molecule has 0 aliphatic heterocycles. The van der Waals surface area contributed by atoms with Crippen LogP contribution in [0.5, 0.6) is 0 Å². The standard InChI is InChI=1S/C53H37NS/c1-53(2)48-20-9-7-16-43(48)44-31-29-40(33-49(44)53)54(39-28-22-34-12-3-4-14-37(34)32-39)38-26-23-36(24-27-38)42-30-25-35-13-5-6-15-41(35)51(42)47-19-11-18-46-45-17-8-10-21-50(45)55-52(46)47/h3-33H,1-2H3/i5D,6D,8D,10D,11D,13D,15D,17D,18D,19D,21D,23D,24D,25D,26D,27D,30D. The zero-order valence-corrected chi connectivity index (χ0v) is 30.3. The Labute approximate surface area is 349 Å². The Bertz CT molecular complexity index is 4100. The SMILES string of the molecule is [2H]c1c([2H])c(N(c2ccc3c(c2)C(C)(C)c2ccccc2-3)c2ccc3ccccc3c2)c([2H])c([2H])c1-c1c([2H])c([2H])c2c([2H])c([2H])c([2H])c([2H])c2c1-c1c([2H])c([2H])c([2H])c2c1sc1c([2H])c([2H])c([2H])c([2H])c12. The normalized spacial score (nSPS) is 17.4. The number of fused-ring (bicyclic) bond motifs is 8. The monoisotopic (exact) mass is 736 g/mol. The molecule has 0 unspecified atom stereocenters. The Kier molecular flexibility index (Phi) is 4.29. The zero-order chi connectivity index (χ0) is 51.5. The van der Waals surface area contributed by atoms with Gasteiger partial charge in [-0.15, -0.1) is 11.3 Å². The van der Waals surface area contributed by atoms with Crippen LogP contribution in [0.4, 0.5) is 17.1 Å². The van der Waals surface area contributed by atoms with Gasteiger partial charge in [-0.3, -0.25) is 0 Å². The summed E-state index contributed by atoms with van der Waals surface area (Å²) in [6.45, 7) is 4.22. The second kappa shape index (κ2) is 12.3. The maximum absolute atomic E-state index is 9.92. The van der Waals surface area contributed by atoms with E-state index in [0.29, 0.717) is 11.4 Å². The van der Waals surface area contributed by atoms with E-state index in [9.17, 15) is 11.0 Å². The van der Waals surface area contributed by atoms with Crippen molar-refractivity contribution in [2.45, 2.75) is 19.3 Å². The van der Waals surface area contributed by atoms with E-state index >= 15 is 0 Å². The quantitative estimate of drug-likeness (QED) is 0.170. The van der Waals surface area contributed by atoms with Gasteiger partial charge < -0.3 is 4.90 Å². The summed E-state index contributed by atoms with van der Waals surface area (Å²) >= 11 is 0.736. The van der Waals surface area contributed by atoms with E-state index < -0.39 is 136 Å². The predicted molar refractivity (Wildman–Crippen MR) is 237 cm³/mol. The Morgan fingerprint density at radius 1 is 0.473 bits per heavy atom. The molecule has 1 aliphatic carbocycles. The van der Waals surface area contributed by atoms with Crippen LogP contribution in [0.2, 0.25) is 0 Å². The number of thiophene rings is 1. The molecule has 0 radical (unpaired) electrons. The summed E-state index contributed by atoms with van der Waals surface area (Å²) < 4.78 is 157. The van der Waals surface area contributed by atoms with Gasteiger partial charge in [-0.2, -0.15) is 0 Å². The molecule has 1 aliphatic rings. The third-order valence-corrected chi connectivity index (χ3v) is 11.7. The van der Waals surface area contributed by atoms with Crippen LogP contribution in [0.3, 0.4) is 0 Å². The first-order valence-electron chi connectivity index (χ1n) is 26.2. The summed E-state index contributed by atoms with van der Waals surface area (Å²) in [5.41, 5.74) is 2.62. The summed E-state index contributed by atoms with van der Waals surface area (Å²) in [7, 11) is 0. The molecule has 10 aromatic rings. The highest BCUT2D eigenvalue weighted by Crippen LogP contribution is 2.51. The smallest absolute Gasteiger partial charge is 0.0645 e. The van der Waals surface area contributed by atoms with Crippen LogP contribution in [0.15, 0.2) is 188 Å². The number of benzene rings is 9. The van der Waals surface area contributed by atoms with Gasteiger partial charge in [-0.05, 0) is 103 Å². The van der Waals surface area contributed by atoms with Gasteiger partial charge in [0.15, 0.2) is 0 Å². The lowest BCUT2D eigenvalue weighted by Crippen LogP contribution is -2.16. The average molecular weight is 737 g/mol. The summed E-state index contributed by atoms with van der Waals surface area (Å²) in [5.74, 6) is 0. The lowest BCUT2D eigenvalue weighted by Gasteiger charge is -2.28. The van der Waals surface area contributed by atoms with Crippen molar-refractivity contribution in [3.63, 3.8) is 0 Å². The minimum Gasteiger partial charge on any atom is -0.310 e. The van der Waals surface area contributed by atoms with Gasteiger partial charge in [-0.1, -0.05) is 159 Å². The summed E-state index contributed by atoms with van der Waals surface area (Å²) in [5, 5.41) is 0.499. The molecule has 0 saturated heterocycles. The topological polar surface area (TPSA) is 3.24 Å². The van der Waals surface area contributed by atoms with Crippen LogP contribution in [0, 0.1) is 0 Å². The number of anilines is 3. The summed E-state index contributed by atoms with van der Waals surface area (Å²) in [6, 6.07) is 15.7. The van der Waals surface area contributed by atoms with Gasteiger partial charge in [0.25, 0.3) is 0 Å². The Morgan fingerprint density at radius 2 is 1.18 bits per heavy atom. The molecule has 0 N–H and O–H groups in total. The highest BCUT2D eigenvalue weighted by atomic mass is 32.1. The molecule has 11 rings (SSSR count). The van der Waals surface area contributed by atoms with E-state index in [4.69, 9.17) is 12.3 Å². The minimum atomic E-state index is -0.790. The molecule has 0 spiro atoms. The molecule has 1 aromatic heterocycles. The molecule has 0 fully saturated rings. The average Bonchev–Trinajstić information content (AvgIpc) is 3.88. The highest BCUT2D eigenvalue weighted by molar-refractivity contribution is 7.26. The maximum Gasteiger partial charge on any atom is 0.0645 e. The van der Waals surface area contributed by atoms with E-state index in [0.717, 1.165) is 44.4 Å². The second-order valence-corrected chi connectivity index (χ2v) is 15.0. The number of rotatable bonds is 5. The first-order valence-corrected chi connectivity index (χ1v) is 18.5. The van der Waals surface area contributed by atoms with Crippen LogP contribution < -0.4 is 4.90 Å². The Morgan fingerprint density at radius 3 is 2.07 bits per heavy atom. The van der Waals surface area contributed by atoms with Crippen molar-refractivity contribution in [2.24, 2.45) is 0 Å². The lowest BCUT2D eigenvalue weighted by molar-refractivity contribution is 0.660. The summed E-state index contributed by atoms with van der Waals surface area (Å²) in [4.78, 5) is 1.64. The molecule has 260 valence electrons. The van der Waals surface area contributed by atoms with Crippen molar-refractivity contribution >= 4 is 70.1 Å². The largest absolute Gasteiger partial charge is 0.310 e. The van der Waals surface area contributed by atoms with Gasteiger partial charge in [-0.25, -0.2) is 0 Å². The van der Waals surface area contributed by atoms with E-state index in [1.54, 1.807) is 4.90 Å². The molecule has 1 heterocycles. The van der Waals surface area contributed by atoms with Crippen LogP contribution in [-0.2, 0) is 5.41 Å².